The third-order valence-electron chi connectivity index (χ3n) is 2.84. The van der Waals surface area contributed by atoms with E-state index in [1.165, 1.54) is 12.1 Å². The number of carbonyl (C=O) groups excluding carboxylic acids is 1. The van der Waals surface area contributed by atoms with Gasteiger partial charge in [0.2, 0.25) is 0 Å². The van der Waals surface area contributed by atoms with Crippen LogP contribution in [0.2, 0.25) is 0 Å². The molecule has 0 aliphatic carbocycles. The van der Waals surface area contributed by atoms with Crippen molar-refractivity contribution in [1.29, 1.82) is 0 Å². The van der Waals surface area contributed by atoms with Gasteiger partial charge in [0, 0.05) is 0 Å². The number of rotatable bonds is 3. The fourth-order valence-corrected chi connectivity index (χ4v) is 1.78. The molecule has 2 nitrogen and oxygen atoms in total. The molecular formula is C15H13F2NO. The second-order valence-corrected chi connectivity index (χ2v) is 4.21. The third kappa shape index (κ3) is 2.96. The summed E-state index contributed by atoms with van der Waals surface area (Å²) >= 11 is 0. The van der Waals surface area contributed by atoms with E-state index in [0.717, 1.165) is 11.6 Å². The minimum atomic E-state index is -1.12. The number of nitrogens with one attached hydrogen (secondary N) is 1. The first kappa shape index (κ1) is 13.2. The van der Waals surface area contributed by atoms with E-state index in [-0.39, 0.29) is 11.6 Å². The average Bonchev–Trinajstić information content (AvgIpc) is 2.42. The van der Waals surface area contributed by atoms with E-state index in [9.17, 15) is 13.6 Å². The van der Waals surface area contributed by atoms with Gasteiger partial charge in [-0.3, -0.25) is 4.79 Å². The van der Waals surface area contributed by atoms with Crippen molar-refractivity contribution in [2.75, 3.05) is 0 Å². The molecule has 0 saturated heterocycles. The van der Waals surface area contributed by atoms with Crippen LogP contribution in [0.4, 0.5) is 8.78 Å². The molecule has 0 aliphatic heterocycles. The van der Waals surface area contributed by atoms with E-state index in [4.69, 9.17) is 0 Å². The Kier molecular flexibility index (Phi) is 3.90. The van der Waals surface area contributed by atoms with Crippen LogP contribution in [0.5, 0.6) is 0 Å². The topological polar surface area (TPSA) is 29.1 Å². The molecule has 2 aromatic carbocycles. The number of benzene rings is 2. The van der Waals surface area contributed by atoms with Crippen LogP contribution in [0, 0.1) is 11.6 Å². The summed E-state index contributed by atoms with van der Waals surface area (Å²) in [7, 11) is 0. The lowest BCUT2D eigenvalue weighted by Gasteiger charge is -2.14. The molecule has 0 saturated carbocycles. The first-order valence-electron chi connectivity index (χ1n) is 5.89. The molecule has 98 valence electrons. The first-order valence-corrected chi connectivity index (χ1v) is 5.89. The predicted molar refractivity (Wildman–Crippen MR) is 68.7 cm³/mol. The molecule has 0 aliphatic rings. The summed E-state index contributed by atoms with van der Waals surface area (Å²) in [5.41, 5.74) is 0.607. The van der Waals surface area contributed by atoms with Gasteiger partial charge in [0.25, 0.3) is 5.91 Å². The maximum Gasteiger partial charge on any atom is 0.254 e. The summed E-state index contributed by atoms with van der Waals surface area (Å²) in [5, 5.41) is 2.63. The van der Waals surface area contributed by atoms with Crippen molar-refractivity contribution in [3.05, 3.63) is 71.3 Å². The number of hydrogen-bond acceptors (Lipinski definition) is 1. The van der Waals surface area contributed by atoms with Gasteiger partial charge in [0.15, 0.2) is 11.6 Å². The van der Waals surface area contributed by atoms with Crippen molar-refractivity contribution in [3.63, 3.8) is 0 Å². The summed E-state index contributed by atoms with van der Waals surface area (Å²) in [4.78, 5) is 11.9. The Morgan fingerprint density at radius 1 is 1.05 bits per heavy atom. The molecule has 2 aromatic rings. The minimum Gasteiger partial charge on any atom is -0.345 e. The highest BCUT2D eigenvalue weighted by atomic mass is 19.2. The Balaban J connectivity index is 2.16. The van der Waals surface area contributed by atoms with Crippen LogP contribution < -0.4 is 5.32 Å². The summed E-state index contributed by atoms with van der Waals surface area (Å²) in [6.07, 6.45) is 0. The van der Waals surface area contributed by atoms with Crippen molar-refractivity contribution in [2.24, 2.45) is 0 Å². The molecule has 1 atom stereocenters. The van der Waals surface area contributed by atoms with Crippen LogP contribution in [0.1, 0.15) is 28.9 Å². The lowest BCUT2D eigenvalue weighted by atomic mass is 10.1. The highest BCUT2D eigenvalue weighted by Crippen LogP contribution is 2.15. The number of carbonyl (C=O) groups is 1. The molecule has 1 amide bonds. The predicted octanol–water partition coefficient (Wildman–Crippen LogP) is 3.46. The van der Waals surface area contributed by atoms with E-state index < -0.39 is 17.5 Å². The molecule has 0 radical (unpaired) electrons. The largest absolute Gasteiger partial charge is 0.345 e. The van der Waals surface area contributed by atoms with Gasteiger partial charge >= 0.3 is 0 Å². The SMILES string of the molecule is C[C@@H](NC(=O)c1cccc(F)c1F)c1ccccc1. The van der Waals surface area contributed by atoms with Crippen LogP contribution >= 0.6 is 0 Å². The lowest BCUT2D eigenvalue weighted by molar-refractivity contribution is 0.0934. The zero-order chi connectivity index (χ0) is 13.8. The molecule has 0 bridgehead atoms. The maximum absolute atomic E-state index is 13.5. The second-order valence-electron chi connectivity index (χ2n) is 4.21. The fourth-order valence-electron chi connectivity index (χ4n) is 1.78. The molecular weight excluding hydrogens is 248 g/mol. The van der Waals surface area contributed by atoms with Gasteiger partial charge in [-0.2, -0.15) is 0 Å². The van der Waals surface area contributed by atoms with Crippen LogP contribution in [0.25, 0.3) is 0 Å². The molecule has 0 heterocycles. The van der Waals surface area contributed by atoms with Gasteiger partial charge in [-0.15, -0.1) is 0 Å². The molecule has 4 heteroatoms. The molecule has 2 rings (SSSR count). The van der Waals surface area contributed by atoms with Crippen molar-refractivity contribution in [2.45, 2.75) is 13.0 Å². The normalized spacial score (nSPS) is 11.9. The number of hydrogen-bond donors (Lipinski definition) is 1. The first-order chi connectivity index (χ1) is 9.09. The zero-order valence-corrected chi connectivity index (χ0v) is 10.4. The minimum absolute atomic E-state index is 0.281. The van der Waals surface area contributed by atoms with Crippen molar-refractivity contribution in [1.82, 2.24) is 5.32 Å². The van der Waals surface area contributed by atoms with E-state index >= 15 is 0 Å². The van der Waals surface area contributed by atoms with Crippen LogP contribution in [0.3, 0.4) is 0 Å². The van der Waals surface area contributed by atoms with Gasteiger partial charge in [0.05, 0.1) is 11.6 Å². The monoisotopic (exact) mass is 261 g/mol. The number of halogens is 2. The highest BCUT2D eigenvalue weighted by Gasteiger charge is 2.17. The Labute approximate surface area is 110 Å². The van der Waals surface area contributed by atoms with Crippen molar-refractivity contribution < 1.29 is 13.6 Å². The van der Waals surface area contributed by atoms with E-state index in [0.29, 0.717) is 0 Å². The smallest absolute Gasteiger partial charge is 0.254 e. The Bertz CT molecular complexity index is 584. The Morgan fingerprint density at radius 2 is 1.74 bits per heavy atom. The lowest BCUT2D eigenvalue weighted by Crippen LogP contribution is -2.27. The van der Waals surface area contributed by atoms with E-state index in [2.05, 4.69) is 5.32 Å². The molecule has 0 fully saturated rings. The maximum atomic E-state index is 13.5. The molecule has 19 heavy (non-hydrogen) atoms. The van der Waals surface area contributed by atoms with Gasteiger partial charge in [-0.05, 0) is 24.6 Å². The van der Waals surface area contributed by atoms with Crippen molar-refractivity contribution >= 4 is 5.91 Å². The Morgan fingerprint density at radius 3 is 2.42 bits per heavy atom. The van der Waals surface area contributed by atoms with E-state index in [1.54, 1.807) is 6.92 Å². The van der Waals surface area contributed by atoms with Gasteiger partial charge in [-0.1, -0.05) is 36.4 Å². The Hall–Kier alpha value is -2.23. The summed E-state index contributed by atoms with van der Waals surface area (Å²) in [5.74, 6) is -2.78. The summed E-state index contributed by atoms with van der Waals surface area (Å²) in [6.45, 7) is 1.78. The number of amides is 1. The van der Waals surface area contributed by atoms with Gasteiger partial charge < -0.3 is 5.32 Å². The summed E-state index contributed by atoms with van der Waals surface area (Å²) in [6, 6.07) is 12.5. The van der Waals surface area contributed by atoms with Crippen LogP contribution in [0.15, 0.2) is 48.5 Å². The highest BCUT2D eigenvalue weighted by molar-refractivity contribution is 5.94. The van der Waals surface area contributed by atoms with Crippen LogP contribution in [-0.4, -0.2) is 5.91 Å². The van der Waals surface area contributed by atoms with Gasteiger partial charge in [0.1, 0.15) is 0 Å². The molecule has 1 N–H and O–H groups in total. The standard InChI is InChI=1S/C15H13F2NO/c1-10(11-6-3-2-4-7-11)18-15(19)12-8-5-9-13(16)14(12)17/h2-10H,1H3,(H,18,19)/t10-/m1/s1. The quantitative estimate of drug-likeness (QED) is 0.900. The average molecular weight is 261 g/mol. The van der Waals surface area contributed by atoms with E-state index in [1.807, 2.05) is 30.3 Å². The fraction of sp³-hybridized carbons (Fsp3) is 0.133. The molecule has 0 spiro atoms. The van der Waals surface area contributed by atoms with Crippen LogP contribution in [-0.2, 0) is 0 Å². The van der Waals surface area contributed by atoms with Crippen molar-refractivity contribution in [3.8, 4) is 0 Å². The molecule has 0 aromatic heterocycles. The second kappa shape index (κ2) is 5.61. The van der Waals surface area contributed by atoms with Gasteiger partial charge in [-0.25, -0.2) is 8.78 Å². The zero-order valence-electron chi connectivity index (χ0n) is 10.4. The summed E-state index contributed by atoms with van der Waals surface area (Å²) < 4.78 is 26.5. The third-order valence-corrected chi connectivity index (χ3v) is 2.84. The molecule has 0 unspecified atom stereocenters.